The van der Waals surface area contributed by atoms with Crippen LogP contribution in [0.4, 0.5) is 0 Å². The summed E-state index contributed by atoms with van der Waals surface area (Å²) in [5, 5.41) is 4.27. The molecule has 3 rings (SSSR count). The van der Waals surface area contributed by atoms with Crippen LogP contribution in [0.2, 0.25) is 0 Å². The first-order valence-electron chi connectivity index (χ1n) is 7.98. The lowest BCUT2D eigenvalue weighted by molar-refractivity contribution is -0.129. The average Bonchev–Trinajstić information content (AvgIpc) is 3.09. The van der Waals surface area contributed by atoms with E-state index in [2.05, 4.69) is 31.3 Å². The van der Waals surface area contributed by atoms with Crippen LogP contribution in [0, 0.1) is 19.8 Å². The molecule has 0 radical (unpaired) electrons. The summed E-state index contributed by atoms with van der Waals surface area (Å²) in [6.07, 6.45) is 3.27. The van der Waals surface area contributed by atoms with Gasteiger partial charge in [0.15, 0.2) is 0 Å². The number of aryl methyl sites for hydroxylation is 2. The minimum absolute atomic E-state index is 0. The molecule has 1 aromatic heterocycles. The molecule has 0 saturated carbocycles. The van der Waals surface area contributed by atoms with E-state index in [1.54, 1.807) is 6.26 Å². The number of hydrogen-bond acceptors (Lipinski definition) is 3. The van der Waals surface area contributed by atoms with Gasteiger partial charge in [-0.05, 0) is 63.0 Å². The highest BCUT2D eigenvalue weighted by Crippen LogP contribution is 2.26. The molecule has 1 saturated heterocycles. The number of likely N-dealkylation sites (tertiary alicyclic amines) is 1. The highest BCUT2D eigenvalue weighted by atomic mass is 35.5. The fourth-order valence-corrected chi connectivity index (χ4v) is 3.26. The minimum Gasteiger partial charge on any atom is -0.464 e. The molecule has 2 heterocycles. The van der Waals surface area contributed by atoms with Gasteiger partial charge in [0.25, 0.3) is 0 Å². The van der Waals surface area contributed by atoms with Crippen molar-refractivity contribution >= 4 is 29.3 Å². The molecule has 1 atom stereocenters. The van der Waals surface area contributed by atoms with Gasteiger partial charge in [-0.15, -0.1) is 12.4 Å². The molecule has 1 fully saturated rings. The van der Waals surface area contributed by atoms with Gasteiger partial charge in [-0.25, -0.2) is 0 Å². The molecular weight excluding hydrogens is 312 g/mol. The molecule has 0 bridgehead atoms. The predicted octanol–water partition coefficient (Wildman–Crippen LogP) is 3.08. The second-order valence-electron chi connectivity index (χ2n) is 6.42. The zero-order valence-corrected chi connectivity index (χ0v) is 14.8. The van der Waals surface area contributed by atoms with Crippen LogP contribution in [0.3, 0.4) is 0 Å². The third-order valence-electron chi connectivity index (χ3n) is 4.74. The summed E-state index contributed by atoms with van der Waals surface area (Å²) in [5.74, 6) is 0.791. The van der Waals surface area contributed by atoms with Gasteiger partial charge in [0.1, 0.15) is 5.58 Å². The number of amides is 1. The summed E-state index contributed by atoms with van der Waals surface area (Å²) < 4.78 is 5.63. The van der Waals surface area contributed by atoms with Crippen molar-refractivity contribution in [1.29, 1.82) is 0 Å². The van der Waals surface area contributed by atoms with Crippen LogP contribution >= 0.6 is 12.4 Å². The molecule has 0 spiro atoms. The van der Waals surface area contributed by atoms with E-state index in [1.807, 2.05) is 11.9 Å². The molecular formula is C18H25ClN2O2. The van der Waals surface area contributed by atoms with E-state index in [4.69, 9.17) is 4.42 Å². The number of fused-ring (bicyclic) bond motifs is 1. The second-order valence-corrected chi connectivity index (χ2v) is 6.42. The van der Waals surface area contributed by atoms with Crippen molar-refractivity contribution in [3.05, 3.63) is 35.1 Å². The summed E-state index contributed by atoms with van der Waals surface area (Å²) >= 11 is 0. The molecule has 5 heteroatoms. The smallest absolute Gasteiger partial charge is 0.227 e. The molecule has 1 N–H and O–H groups in total. The molecule has 1 aromatic carbocycles. The molecule has 2 aromatic rings. The van der Waals surface area contributed by atoms with Crippen molar-refractivity contribution in [2.24, 2.45) is 5.92 Å². The maximum absolute atomic E-state index is 12.5. The summed E-state index contributed by atoms with van der Waals surface area (Å²) in [6, 6.07) is 4.18. The van der Waals surface area contributed by atoms with Crippen molar-refractivity contribution in [1.82, 2.24) is 10.2 Å². The Hall–Kier alpha value is -1.52. The Balaban J connectivity index is 0.00000192. The predicted molar refractivity (Wildman–Crippen MR) is 95.3 cm³/mol. The van der Waals surface area contributed by atoms with Crippen molar-refractivity contribution in [2.45, 2.75) is 26.7 Å². The molecule has 1 aliphatic heterocycles. The summed E-state index contributed by atoms with van der Waals surface area (Å²) in [7, 11) is 1.96. The van der Waals surface area contributed by atoms with E-state index in [1.165, 1.54) is 11.1 Å². The van der Waals surface area contributed by atoms with Crippen molar-refractivity contribution in [3.8, 4) is 0 Å². The summed E-state index contributed by atoms with van der Waals surface area (Å²) in [6.45, 7) is 6.90. The first-order chi connectivity index (χ1) is 10.6. The van der Waals surface area contributed by atoms with Crippen LogP contribution in [0.5, 0.6) is 0 Å². The lowest BCUT2D eigenvalue weighted by Crippen LogP contribution is -2.31. The fraction of sp³-hybridized carbons (Fsp3) is 0.500. The largest absolute Gasteiger partial charge is 0.464 e. The number of benzene rings is 1. The molecule has 1 aliphatic rings. The van der Waals surface area contributed by atoms with Crippen LogP contribution in [-0.4, -0.2) is 37.5 Å². The molecule has 1 amide bonds. The van der Waals surface area contributed by atoms with Gasteiger partial charge in [0.2, 0.25) is 5.91 Å². The van der Waals surface area contributed by atoms with Gasteiger partial charge in [-0.3, -0.25) is 4.79 Å². The minimum atomic E-state index is 0. The number of furan rings is 1. The highest BCUT2D eigenvalue weighted by Gasteiger charge is 2.26. The lowest BCUT2D eigenvalue weighted by Gasteiger charge is -2.16. The Morgan fingerprint density at radius 2 is 2.09 bits per heavy atom. The lowest BCUT2D eigenvalue weighted by atomic mass is 10.0. The first-order valence-corrected chi connectivity index (χ1v) is 7.98. The topological polar surface area (TPSA) is 45.5 Å². The Labute approximate surface area is 143 Å². The normalized spacial score (nSPS) is 17.5. The molecule has 126 valence electrons. The fourth-order valence-electron chi connectivity index (χ4n) is 3.26. The van der Waals surface area contributed by atoms with E-state index in [0.717, 1.165) is 42.6 Å². The van der Waals surface area contributed by atoms with Crippen molar-refractivity contribution < 1.29 is 9.21 Å². The van der Waals surface area contributed by atoms with E-state index < -0.39 is 0 Å². The van der Waals surface area contributed by atoms with Gasteiger partial charge in [0.05, 0.1) is 12.7 Å². The molecule has 23 heavy (non-hydrogen) atoms. The van der Waals surface area contributed by atoms with Crippen LogP contribution in [0.25, 0.3) is 11.0 Å². The maximum atomic E-state index is 12.5. The van der Waals surface area contributed by atoms with E-state index >= 15 is 0 Å². The van der Waals surface area contributed by atoms with E-state index in [-0.39, 0.29) is 18.3 Å². The standard InChI is InChI=1S/C18H24N2O2.ClH/c1-12-6-16-15(11-22-17(16)7-13(12)2)8-18(21)20-5-4-14(10-20)9-19-3;/h6-7,11,14,19H,4-5,8-10H2,1-3H3;1H. The third-order valence-corrected chi connectivity index (χ3v) is 4.74. The van der Waals surface area contributed by atoms with Gasteiger partial charge < -0.3 is 14.6 Å². The summed E-state index contributed by atoms with van der Waals surface area (Å²) in [4.78, 5) is 14.5. The van der Waals surface area contributed by atoms with Gasteiger partial charge in [-0.1, -0.05) is 0 Å². The first kappa shape index (κ1) is 17.8. The van der Waals surface area contributed by atoms with Crippen molar-refractivity contribution in [2.75, 3.05) is 26.7 Å². The zero-order valence-electron chi connectivity index (χ0n) is 14.0. The van der Waals surface area contributed by atoms with Crippen LogP contribution < -0.4 is 5.32 Å². The number of carbonyl (C=O) groups is 1. The number of hydrogen-bond donors (Lipinski definition) is 1. The van der Waals surface area contributed by atoms with Gasteiger partial charge >= 0.3 is 0 Å². The number of rotatable bonds is 4. The Morgan fingerprint density at radius 1 is 1.35 bits per heavy atom. The number of carbonyl (C=O) groups excluding carboxylic acids is 1. The van der Waals surface area contributed by atoms with E-state index in [9.17, 15) is 4.79 Å². The Morgan fingerprint density at radius 3 is 2.83 bits per heavy atom. The van der Waals surface area contributed by atoms with Gasteiger partial charge in [0, 0.05) is 24.0 Å². The average molecular weight is 337 g/mol. The number of nitrogens with zero attached hydrogens (tertiary/aromatic N) is 1. The highest BCUT2D eigenvalue weighted by molar-refractivity contribution is 5.88. The summed E-state index contributed by atoms with van der Waals surface area (Å²) in [5.41, 5.74) is 4.33. The van der Waals surface area contributed by atoms with Crippen molar-refractivity contribution in [3.63, 3.8) is 0 Å². The van der Waals surface area contributed by atoms with E-state index in [0.29, 0.717) is 12.3 Å². The van der Waals surface area contributed by atoms with Gasteiger partial charge in [-0.2, -0.15) is 0 Å². The Kier molecular flexibility index (Phi) is 5.71. The quantitative estimate of drug-likeness (QED) is 0.933. The van der Waals surface area contributed by atoms with Crippen LogP contribution in [-0.2, 0) is 11.2 Å². The number of halogens is 1. The number of nitrogens with one attached hydrogen (secondary N) is 1. The third kappa shape index (κ3) is 3.70. The molecule has 1 unspecified atom stereocenters. The second kappa shape index (κ2) is 7.37. The zero-order chi connectivity index (χ0) is 15.7. The molecule has 0 aliphatic carbocycles. The van der Waals surface area contributed by atoms with Crippen LogP contribution in [0.15, 0.2) is 22.8 Å². The van der Waals surface area contributed by atoms with Crippen LogP contribution in [0.1, 0.15) is 23.1 Å². The maximum Gasteiger partial charge on any atom is 0.227 e. The monoisotopic (exact) mass is 336 g/mol. The Bertz CT molecular complexity index is 696. The SMILES string of the molecule is CNCC1CCN(C(=O)Cc2coc3cc(C)c(C)cc23)C1.Cl. The molecule has 4 nitrogen and oxygen atoms in total.